The van der Waals surface area contributed by atoms with Crippen molar-refractivity contribution in [3.8, 4) is 11.4 Å². The summed E-state index contributed by atoms with van der Waals surface area (Å²) in [5.74, 6) is -0.243. The van der Waals surface area contributed by atoms with Gasteiger partial charge in [0.15, 0.2) is 0 Å². The maximum atomic E-state index is 13.0. The Bertz CT molecular complexity index is 708. The van der Waals surface area contributed by atoms with Crippen molar-refractivity contribution >= 4 is 0 Å². The molecule has 3 rings (SSSR count). The van der Waals surface area contributed by atoms with E-state index in [4.69, 9.17) is 0 Å². The van der Waals surface area contributed by atoms with Crippen LogP contribution in [0.2, 0.25) is 0 Å². The first-order valence-electron chi connectivity index (χ1n) is 6.71. The SMILES string of the molecule is CC[C@@H](c1ccc(F)cc1)n1cc(-c2cnccn2)nn1. The zero-order valence-electron chi connectivity index (χ0n) is 11.5. The van der Waals surface area contributed by atoms with E-state index in [0.29, 0.717) is 11.4 Å². The predicted octanol–water partition coefficient (Wildman–Crippen LogP) is 2.87. The molecule has 0 unspecified atom stereocenters. The summed E-state index contributed by atoms with van der Waals surface area (Å²) in [6.45, 7) is 2.05. The molecule has 2 aromatic heterocycles. The Labute approximate surface area is 121 Å². The molecule has 0 fully saturated rings. The minimum absolute atomic E-state index is 0.0171. The molecule has 0 aliphatic heterocycles. The van der Waals surface area contributed by atoms with Crippen LogP contribution in [0.4, 0.5) is 4.39 Å². The van der Waals surface area contributed by atoms with E-state index in [-0.39, 0.29) is 11.9 Å². The van der Waals surface area contributed by atoms with Gasteiger partial charge in [0.1, 0.15) is 17.2 Å². The van der Waals surface area contributed by atoms with Gasteiger partial charge in [-0.15, -0.1) is 5.10 Å². The van der Waals surface area contributed by atoms with Crippen molar-refractivity contribution in [3.05, 3.63) is 60.4 Å². The third-order valence-corrected chi connectivity index (χ3v) is 3.30. The molecule has 106 valence electrons. The van der Waals surface area contributed by atoms with E-state index >= 15 is 0 Å². The van der Waals surface area contributed by atoms with E-state index in [1.807, 2.05) is 6.20 Å². The van der Waals surface area contributed by atoms with Crippen LogP contribution in [0.5, 0.6) is 0 Å². The maximum absolute atomic E-state index is 13.0. The molecule has 21 heavy (non-hydrogen) atoms. The molecular formula is C15H14FN5. The first-order valence-corrected chi connectivity index (χ1v) is 6.71. The summed E-state index contributed by atoms with van der Waals surface area (Å²) in [6, 6.07) is 6.47. The summed E-state index contributed by atoms with van der Waals surface area (Å²) < 4.78 is 14.8. The molecule has 0 bridgehead atoms. The van der Waals surface area contributed by atoms with Crippen molar-refractivity contribution in [1.29, 1.82) is 0 Å². The third kappa shape index (κ3) is 2.79. The van der Waals surface area contributed by atoms with Gasteiger partial charge in [-0.3, -0.25) is 9.97 Å². The lowest BCUT2D eigenvalue weighted by Crippen LogP contribution is -2.10. The standard InChI is InChI=1S/C15H14FN5/c1-2-15(11-3-5-12(16)6-4-11)21-10-14(19-20-21)13-9-17-7-8-18-13/h3-10,15H,2H2,1H3/t15-/m0/s1. The molecular weight excluding hydrogens is 269 g/mol. The summed E-state index contributed by atoms with van der Waals surface area (Å²) in [4.78, 5) is 8.23. The van der Waals surface area contributed by atoms with Crippen LogP contribution < -0.4 is 0 Å². The zero-order valence-corrected chi connectivity index (χ0v) is 11.5. The molecule has 0 amide bonds. The van der Waals surface area contributed by atoms with Crippen molar-refractivity contribution in [2.24, 2.45) is 0 Å². The van der Waals surface area contributed by atoms with Gasteiger partial charge in [-0.25, -0.2) is 9.07 Å². The second-order valence-electron chi connectivity index (χ2n) is 4.65. The van der Waals surface area contributed by atoms with Gasteiger partial charge in [0.05, 0.1) is 18.4 Å². The fraction of sp³-hybridized carbons (Fsp3) is 0.200. The summed E-state index contributed by atoms with van der Waals surface area (Å²) in [5.41, 5.74) is 2.34. The average Bonchev–Trinajstić information content (AvgIpc) is 3.00. The summed E-state index contributed by atoms with van der Waals surface area (Å²) in [7, 11) is 0. The van der Waals surface area contributed by atoms with E-state index in [0.717, 1.165) is 12.0 Å². The molecule has 0 saturated heterocycles. The van der Waals surface area contributed by atoms with E-state index in [9.17, 15) is 4.39 Å². The molecule has 0 aliphatic carbocycles. The molecule has 0 saturated carbocycles. The molecule has 1 aromatic carbocycles. The Morgan fingerprint density at radius 2 is 1.95 bits per heavy atom. The maximum Gasteiger partial charge on any atom is 0.133 e. The minimum Gasteiger partial charge on any atom is -0.261 e. The molecule has 3 aromatic rings. The molecule has 0 aliphatic rings. The molecule has 0 spiro atoms. The van der Waals surface area contributed by atoms with E-state index in [2.05, 4.69) is 27.2 Å². The van der Waals surface area contributed by atoms with Gasteiger partial charge in [-0.1, -0.05) is 24.3 Å². The van der Waals surface area contributed by atoms with Crippen LogP contribution in [0.15, 0.2) is 49.1 Å². The first kappa shape index (κ1) is 13.4. The number of aromatic nitrogens is 5. The van der Waals surface area contributed by atoms with Gasteiger partial charge in [-0.2, -0.15) is 0 Å². The Balaban J connectivity index is 1.92. The topological polar surface area (TPSA) is 56.5 Å². The van der Waals surface area contributed by atoms with E-state index in [1.165, 1.54) is 12.1 Å². The smallest absolute Gasteiger partial charge is 0.133 e. The van der Waals surface area contributed by atoms with E-state index in [1.54, 1.807) is 35.4 Å². The van der Waals surface area contributed by atoms with Crippen LogP contribution in [0, 0.1) is 5.82 Å². The lowest BCUT2D eigenvalue weighted by Gasteiger charge is -2.14. The van der Waals surface area contributed by atoms with Gasteiger partial charge in [0.25, 0.3) is 0 Å². The Morgan fingerprint density at radius 1 is 1.14 bits per heavy atom. The van der Waals surface area contributed by atoms with Gasteiger partial charge < -0.3 is 0 Å². The van der Waals surface area contributed by atoms with Crippen LogP contribution in [0.25, 0.3) is 11.4 Å². The number of nitrogens with zero attached hydrogens (tertiary/aromatic N) is 5. The summed E-state index contributed by atoms with van der Waals surface area (Å²) >= 11 is 0. The number of rotatable bonds is 4. The van der Waals surface area contributed by atoms with Crippen molar-refractivity contribution < 1.29 is 4.39 Å². The van der Waals surface area contributed by atoms with Crippen LogP contribution in [-0.4, -0.2) is 25.0 Å². The highest BCUT2D eigenvalue weighted by Crippen LogP contribution is 2.23. The summed E-state index contributed by atoms with van der Waals surface area (Å²) in [6.07, 6.45) is 7.54. The van der Waals surface area contributed by atoms with Crippen LogP contribution in [0.3, 0.4) is 0 Å². The minimum atomic E-state index is -0.243. The molecule has 1 atom stereocenters. The van der Waals surface area contributed by atoms with Crippen LogP contribution in [-0.2, 0) is 0 Å². The van der Waals surface area contributed by atoms with E-state index < -0.39 is 0 Å². The fourth-order valence-electron chi connectivity index (χ4n) is 2.24. The van der Waals surface area contributed by atoms with Crippen molar-refractivity contribution in [3.63, 3.8) is 0 Å². The largest absolute Gasteiger partial charge is 0.261 e. The normalized spacial score (nSPS) is 12.3. The Kier molecular flexibility index (Phi) is 3.68. The van der Waals surface area contributed by atoms with Crippen molar-refractivity contribution in [2.75, 3.05) is 0 Å². The van der Waals surface area contributed by atoms with Crippen LogP contribution >= 0.6 is 0 Å². The average molecular weight is 283 g/mol. The zero-order chi connectivity index (χ0) is 14.7. The second-order valence-corrected chi connectivity index (χ2v) is 4.65. The van der Waals surface area contributed by atoms with Crippen LogP contribution in [0.1, 0.15) is 24.9 Å². The Morgan fingerprint density at radius 3 is 2.62 bits per heavy atom. The molecule has 6 heteroatoms. The highest BCUT2D eigenvalue weighted by Gasteiger charge is 2.15. The monoisotopic (exact) mass is 283 g/mol. The lowest BCUT2D eigenvalue weighted by molar-refractivity contribution is 0.492. The highest BCUT2D eigenvalue weighted by atomic mass is 19.1. The number of hydrogen-bond acceptors (Lipinski definition) is 4. The number of benzene rings is 1. The highest BCUT2D eigenvalue weighted by molar-refractivity contribution is 5.50. The first-order chi connectivity index (χ1) is 10.3. The second kappa shape index (κ2) is 5.78. The number of halogens is 1. The van der Waals surface area contributed by atoms with Crippen molar-refractivity contribution in [2.45, 2.75) is 19.4 Å². The Hall–Kier alpha value is -2.63. The van der Waals surface area contributed by atoms with Gasteiger partial charge in [0, 0.05) is 12.4 Å². The summed E-state index contributed by atoms with van der Waals surface area (Å²) in [5, 5.41) is 8.30. The third-order valence-electron chi connectivity index (χ3n) is 3.30. The quantitative estimate of drug-likeness (QED) is 0.738. The molecule has 2 heterocycles. The molecule has 0 radical (unpaired) electrons. The predicted molar refractivity (Wildman–Crippen MR) is 75.9 cm³/mol. The fourth-order valence-corrected chi connectivity index (χ4v) is 2.24. The van der Waals surface area contributed by atoms with Gasteiger partial charge in [-0.05, 0) is 24.1 Å². The molecule has 0 N–H and O–H groups in total. The molecule has 5 nitrogen and oxygen atoms in total. The number of hydrogen-bond donors (Lipinski definition) is 0. The van der Waals surface area contributed by atoms with Gasteiger partial charge in [0.2, 0.25) is 0 Å². The van der Waals surface area contributed by atoms with Crippen molar-refractivity contribution in [1.82, 2.24) is 25.0 Å². The lowest BCUT2D eigenvalue weighted by atomic mass is 10.0. The van der Waals surface area contributed by atoms with Gasteiger partial charge >= 0.3 is 0 Å².